The molecule has 1 aromatic carbocycles. The summed E-state index contributed by atoms with van der Waals surface area (Å²) < 4.78 is 0. The molecule has 0 saturated heterocycles. The van der Waals surface area contributed by atoms with Gasteiger partial charge in [0.15, 0.2) is 12.1 Å². The van der Waals surface area contributed by atoms with Crippen LogP contribution in [0.25, 0.3) is 11.1 Å². The fourth-order valence-corrected chi connectivity index (χ4v) is 2.31. The van der Waals surface area contributed by atoms with E-state index >= 15 is 0 Å². The third-order valence-corrected chi connectivity index (χ3v) is 3.03. The topological polar surface area (TPSA) is 49.9 Å². The summed E-state index contributed by atoms with van der Waals surface area (Å²) in [5.41, 5.74) is 3.02. The molecule has 0 atom stereocenters. The average Bonchev–Trinajstić information content (AvgIpc) is 2.66. The lowest BCUT2D eigenvalue weighted by atomic mass is 9.98. The van der Waals surface area contributed by atoms with Crippen molar-refractivity contribution in [3.8, 4) is 11.1 Å². The summed E-state index contributed by atoms with van der Waals surface area (Å²) >= 11 is 5.95. The number of aldehydes is 1. The normalized spacial score (nSPS) is 10.4. The van der Waals surface area contributed by atoms with Crippen LogP contribution in [0.2, 0.25) is 5.02 Å². The smallest absolute Gasteiger partial charge is 0.166 e. The highest BCUT2D eigenvalue weighted by molar-refractivity contribution is 6.31. The molecule has 0 radical (unpaired) electrons. The first-order valence-corrected chi connectivity index (χ1v) is 5.87. The number of hydrogen-bond donors (Lipinski definition) is 1. The Bertz CT molecular complexity index is 629. The van der Waals surface area contributed by atoms with Crippen LogP contribution in [0.15, 0.2) is 24.3 Å². The molecule has 0 saturated carbocycles. The molecule has 0 amide bonds. The first-order chi connectivity index (χ1) is 8.54. The molecule has 3 nitrogen and oxygen atoms in total. The predicted molar refractivity (Wildman–Crippen MR) is 71.4 cm³/mol. The molecule has 0 aliphatic heterocycles. The second kappa shape index (κ2) is 4.78. The number of carbonyl (C=O) groups is 2. The molecule has 0 aliphatic rings. The van der Waals surface area contributed by atoms with Gasteiger partial charge in [-0.15, -0.1) is 0 Å². The molecule has 0 aliphatic carbocycles. The lowest BCUT2D eigenvalue weighted by molar-refractivity contribution is 0.101. The van der Waals surface area contributed by atoms with E-state index in [1.165, 1.54) is 6.92 Å². The number of Topliss-reactive ketones (excluding diaryl/α,β-unsaturated/α-hetero) is 1. The summed E-state index contributed by atoms with van der Waals surface area (Å²) in [6.45, 7) is 3.26. The Morgan fingerprint density at radius 3 is 2.67 bits per heavy atom. The van der Waals surface area contributed by atoms with Crippen molar-refractivity contribution in [2.45, 2.75) is 13.8 Å². The van der Waals surface area contributed by atoms with Crippen LogP contribution in [0, 0.1) is 6.92 Å². The number of aryl methyl sites for hydroxylation is 1. The number of nitrogens with one attached hydrogen (secondary N) is 1. The van der Waals surface area contributed by atoms with Crippen molar-refractivity contribution in [2.24, 2.45) is 0 Å². The van der Waals surface area contributed by atoms with Gasteiger partial charge in [0.25, 0.3) is 0 Å². The van der Waals surface area contributed by atoms with Gasteiger partial charge in [0.1, 0.15) is 0 Å². The maximum Gasteiger partial charge on any atom is 0.166 e. The van der Waals surface area contributed by atoms with E-state index < -0.39 is 0 Å². The highest BCUT2D eigenvalue weighted by Crippen LogP contribution is 2.31. The number of halogens is 1. The standard InChI is InChI=1S/C14H12ClNO2/c1-8-13(9(2)18)14(12(7-17)16-8)10-4-3-5-11(15)6-10/h3-7,16H,1-2H3. The van der Waals surface area contributed by atoms with E-state index in [1.807, 2.05) is 6.07 Å². The number of ketones is 1. The number of aromatic nitrogens is 1. The Labute approximate surface area is 110 Å². The Hall–Kier alpha value is -1.87. The highest BCUT2D eigenvalue weighted by Gasteiger charge is 2.19. The van der Waals surface area contributed by atoms with Crippen molar-refractivity contribution in [3.05, 3.63) is 46.2 Å². The van der Waals surface area contributed by atoms with Crippen LogP contribution in [0.1, 0.15) is 33.5 Å². The zero-order chi connectivity index (χ0) is 13.3. The number of rotatable bonds is 3. The average molecular weight is 262 g/mol. The van der Waals surface area contributed by atoms with E-state index in [2.05, 4.69) is 4.98 Å². The molecule has 18 heavy (non-hydrogen) atoms. The van der Waals surface area contributed by atoms with E-state index in [0.29, 0.717) is 27.5 Å². The summed E-state index contributed by atoms with van der Waals surface area (Å²) in [4.78, 5) is 25.7. The molecule has 0 bridgehead atoms. The molecule has 2 aromatic rings. The molecule has 0 fully saturated rings. The minimum Gasteiger partial charge on any atom is -0.355 e. The predicted octanol–water partition coefficient (Wildman–Crippen LogP) is 3.66. The van der Waals surface area contributed by atoms with Crippen molar-refractivity contribution < 1.29 is 9.59 Å². The second-order valence-electron chi connectivity index (χ2n) is 4.10. The van der Waals surface area contributed by atoms with Crippen LogP contribution in [-0.4, -0.2) is 17.1 Å². The van der Waals surface area contributed by atoms with Crippen LogP contribution in [0.5, 0.6) is 0 Å². The first kappa shape index (κ1) is 12.6. The fourth-order valence-electron chi connectivity index (χ4n) is 2.12. The minimum atomic E-state index is -0.0770. The first-order valence-electron chi connectivity index (χ1n) is 5.49. The summed E-state index contributed by atoms with van der Waals surface area (Å²) in [6.07, 6.45) is 0.718. The van der Waals surface area contributed by atoms with Crippen LogP contribution in [0.4, 0.5) is 0 Å². The van der Waals surface area contributed by atoms with Crippen LogP contribution >= 0.6 is 11.6 Å². The molecular weight excluding hydrogens is 250 g/mol. The van der Waals surface area contributed by atoms with Crippen LogP contribution in [-0.2, 0) is 0 Å². The number of benzene rings is 1. The third-order valence-electron chi connectivity index (χ3n) is 2.80. The Balaban J connectivity index is 2.76. The number of aromatic amines is 1. The van der Waals surface area contributed by atoms with E-state index in [4.69, 9.17) is 11.6 Å². The van der Waals surface area contributed by atoms with E-state index in [0.717, 1.165) is 11.8 Å². The second-order valence-corrected chi connectivity index (χ2v) is 4.53. The molecular formula is C14H12ClNO2. The third kappa shape index (κ3) is 2.09. The van der Waals surface area contributed by atoms with Crippen molar-refractivity contribution >= 4 is 23.7 Å². The lowest BCUT2D eigenvalue weighted by Crippen LogP contribution is -1.96. The zero-order valence-electron chi connectivity index (χ0n) is 10.1. The van der Waals surface area contributed by atoms with Crippen LogP contribution < -0.4 is 0 Å². The van der Waals surface area contributed by atoms with E-state index in [1.54, 1.807) is 25.1 Å². The molecule has 1 aromatic heterocycles. The Kier molecular flexibility index (Phi) is 3.34. The molecule has 2 rings (SSSR count). The van der Waals surface area contributed by atoms with Crippen molar-refractivity contribution in [1.82, 2.24) is 4.98 Å². The molecule has 0 spiro atoms. The molecule has 0 unspecified atom stereocenters. The van der Waals surface area contributed by atoms with Gasteiger partial charge >= 0.3 is 0 Å². The number of H-pyrrole nitrogens is 1. The summed E-state index contributed by atoms with van der Waals surface area (Å²) in [7, 11) is 0. The molecule has 1 N–H and O–H groups in total. The van der Waals surface area contributed by atoms with Gasteiger partial charge in [-0.3, -0.25) is 9.59 Å². The summed E-state index contributed by atoms with van der Waals surface area (Å²) in [6, 6.07) is 7.11. The zero-order valence-corrected chi connectivity index (χ0v) is 10.8. The maximum absolute atomic E-state index is 11.7. The van der Waals surface area contributed by atoms with Gasteiger partial charge in [0.05, 0.1) is 5.69 Å². The van der Waals surface area contributed by atoms with Gasteiger partial charge < -0.3 is 4.98 Å². The molecule has 1 heterocycles. The van der Waals surface area contributed by atoms with Gasteiger partial charge in [-0.25, -0.2) is 0 Å². The Morgan fingerprint density at radius 2 is 2.11 bits per heavy atom. The van der Waals surface area contributed by atoms with Gasteiger partial charge in [0, 0.05) is 21.8 Å². The lowest BCUT2D eigenvalue weighted by Gasteiger charge is -2.04. The van der Waals surface area contributed by atoms with Crippen LogP contribution in [0.3, 0.4) is 0 Å². The quantitative estimate of drug-likeness (QED) is 0.677. The summed E-state index contributed by atoms with van der Waals surface area (Å²) in [5.74, 6) is -0.0770. The van der Waals surface area contributed by atoms with E-state index in [9.17, 15) is 9.59 Å². The van der Waals surface area contributed by atoms with Crippen molar-refractivity contribution in [1.29, 1.82) is 0 Å². The maximum atomic E-state index is 11.7. The van der Waals surface area contributed by atoms with Gasteiger partial charge in [-0.05, 0) is 31.5 Å². The van der Waals surface area contributed by atoms with Crippen molar-refractivity contribution in [3.63, 3.8) is 0 Å². The van der Waals surface area contributed by atoms with Gasteiger partial charge in [-0.1, -0.05) is 23.7 Å². The number of hydrogen-bond acceptors (Lipinski definition) is 2. The monoisotopic (exact) mass is 261 g/mol. The minimum absolute atomic E-state index is 0.0770. The van der Waals surface area contributed by atoms with E-state index in [-0.39, 0.29) is 5.78 Å². The summed E-state index contributed by atoms with van der Waals surface area (Å²) in [5, 5.41) is 0.567. The fraction of sp³-hybridized carbons (Fsp3) is 0.143. The molecule has 92 valence electrons. The Morgan fingerprint density at radius 1 is 1.39 bits per heavy atom. The van der Waals surface area contributed by atoms with Crippen molar-refractivity contribution in [2.75, 3.05) is 0 Å². The van der Waals surface area contributed by atoms with Gasteiger partial charge in [0.2, 0.25) is 0 Å². The number of carbonyl (C=O) groups excluding carboxylic acids is 2. The highest BCUT2D eigenvalue weighted by atomic mass is 35.5. The van der Waals surface area contributed by atoms with Gasteiger partial charge in [-0.2, -0.15) is 0 Å². The SMILES string of the molecule is CC(=O)c1c(C)[nH]c(C=O)c1-c1cccc(Cl)c1. The molecule has 4 heteroatoms. The largest absolute Gasteiger partial charge is 0.355 e.